The molecule has 88 valence electrons. The van der Waals surface area contributed by atoms with Gasteiger partial charge in [0.05, 0.1) is 0 Å². The van der Waals surface area contributed by atoms with Crippen LogP contribution in [-0.4, -0.2) is 9.97 Å². The third-order valence-electron chi connectivity index (χ3n) is 2.22. The van der Waals surface area contributed by atoms with E-state index < -0.39 is 0 Å². The second-order valence-electron chi connectivity index (χ2n) is 3.64. The van der Waals surface area contributed by atoms with Crippen molar-refractivity contribution in [1.82, 2.24) is 9.97 Å². The fourth-order valence-corrected chi connectivity index (χ4v) is 2.24. The Hall–Kier alpha value is -1.59. The molecule has 0 saturated heterocycles. The van der Waals surface area contributed by atoms with Crippen molar-refractivity contribution in [3.63, 3.8) is 0 Å². The van der Waals surface area contributed by atoms with Gasteiger partial charge in [0.1, 0.15) is 0 Å². The van der Waals surface area contributed by atoms with Crippen LogP contribution in [0.25, 0.3) is 0 Å². The summed E-state index contributed by atoms with van der Waals surface area (Å²) in [6.45, 7) is 2.33. The lowest BCUT2D eigenvalue weighted by Gasteiger charge is -2.02. The molecule has 0 aliphatic rings. The maximum absolute atomic E-state index is 11.3. The van der Waals surface area contributed by atoms with Crippen molar-refractivity contribution in [2.24, 2.45) is 5.73 Å². The Morgan fingerprint density at radius 1 is 1.35 bits per heavy atom. The molecule has 0 unspecified atom stereocenters. The van der Waals surface area contributed by atoms with E-state index in [-0.39, 0.29) is 5.56 Å². The molecule has 17 heavy (non-hydrogen) atoms. The maximum Gasteiger partial charge on any atom is 0.251 e. The molecule has 0 radical (unpaired) electrons. The first-order valence-electron chi connectivity index (χ1n) is 5.22. The standard InChI is InChI=1S/C12H13N3OS/c1-8-6-11(16)15-12(14-8)17-10-4-2-9(7-13)3-5-10/h2-6H,7,13H2,1H3,(H,14,15,16). The molecule has 0 atom stereocenters. The minimum atomic E-state index is -0.126. The molecular weight excluding hydrogens is 234 g/mol. The zero-order valence-corrected chi connectivity index (χ0v) is 10.3. The van der Waals surface area contributed by atoms with Gasteiger partial charge >= 0.3 is 0 Å². The molecule has 0 saturated carbocycles. The monoisotopic (exact) mass is 247 g/mol. The second-order valence-corrected chi connectivity index (χ2v) is 4.70. The summed E-state index contributed by atoms with van der Waals surface area (Å²) in [6, 6.07) is 9.35. The van der Waals surface area contributed by atoms with Crippen LogP contribution >= 0.6 is 11.8 Å². The number of H-pyrrole nitrogens is 1. The van der Waals surface area contributed by atoms with Gasteiger partial charge < -0.3 is 10.7 Å². The van der Waals surface area contributed by atoms with E-state index in [4.69, 9.17) is 5.73 Å². The van der Waals surface area contributed by atoms with Gasteiger partial charge in [-0.3, -0.25) is 4.79 Å². The van der Waals surface area contributed by atoms with Crippen LogP contribution < -0.4 is 11.3 Å². The molecule has 1 aromatic carbocycles. The Labute approximate surface area is 103 Å². The number of nitrogens with two attached hydrogens (primary N) is 1. The van der Waals surface area contributed by atoms with E-state index in [0.717, 1.165) is 16.2 Å². The fourth-order valence-electron chi connectivity index (χ4n) is 1.41. The number of nitrogens with zero attached hydrogens (tertiary/aromatic N) is 1. The van der Waals surface area contributed by atoms with E-state index >= 15 is 0 Å². The van der Waals surface area contributed by atoms with Crippen molar-refractivity contribution in [3.8, 4) is 0 Å². The SMILES string of the molecule is Cc1cc(=O)[nH]c(Sc2ccc(CN)cc2)n1. The first-order valence-corrected chi connectivity index (χ1v) is 6.04. The van der Waals surface area contributed by atoms with Crippen LogP contribution in [0, 0.1) is 6.92 Å². The van der Waals surface area contributed by atoms with Crippen LogP contribution in [0.15, 0.2) is 45.2 Å². The van der Waals surface area contributed by atoms with Gasteiger partial charge in [0, 0.05) is 23.2 Å². The minimum Gasteiger partial charge on any atom is -0.326 e. The third kappa shape index (κ3) is 3.18. The number of aromatic amines is 1. The van der Waals surface area contributed by atoms with Gasteiger partial charge in [-0.1, -0.05) is 23.9 Å². The molecule has 1 heterocycles. The molecular formula is C12H13N3OS. The Balaban J connectivity index is 2.22. The lowest BCUT2D eigenvalue weighted by molar-refractivity contribution is 0.905. The number of aromatic nitrogens is 2. The first-order chi connectivity index (χ1) is 8.17. The van der Waals surface area contributed by atoms with Gasteiger partial charge in [0.2, 0.25) is 0 Å². The zero-order valence-electron chi connectivity index (χ0n) is 9.43. The summed E-state index contributed by atoms with van der Waals surface area (Å²) in [4.78, 5) is 19.3. The second kappa shape index (κ2) is 5.16. The Kier molecular flexibility index (Phi) is 3.61. The molecule has 0 aliphatic carbocycles. The molecule has 0 amide bonds. The van der Waals surface area contributed by atoms with Crippen LogP contribution in [0.5, 0.6) is 0 Å². The largest absolute Gasteiger partial charge is 0.326 e. The van der Waals surface area contributed by atoms with Gasteiger partial charge in [-0.25, -0.2) is 4.98 Å². The van der Waals surface area contributed by atoms with E-state index in [1.165, 1.54) is 17.8 Å². The van der Waals surface area contributed by atoms with E-state index in [0.29, 0.717) is 11.7 Å². The molecule has 0 aliphatic heterocycles. The topological polar surface area (TPSA) is 71.8 Å². The first kappa shape index (κ1) is 11.9. The van der Waals surface area contributed by atoms with Crippen LogP contribution in [-0.2, 0) is 6.54 Å². The number of rotatable bonds is 3. The van der Waals surface area contributed by atoms with Crippen LogP contribution in [0.3, 0.4) is 0 Å². The van der Waals surface area contributed by atoms with Crippen molar-refractivity contribution in [2.45, 2.75) is 23.5 Å². The molecule has 3 N–H and O–H groups in total. The number of hydrogen-bond acceptors (Lipinski definition) is 4. The zero-order chi connectivity index (χ0) is 12.3. The Morgan fingerprint density at radius 3 is 2.65 bits per heavy atom. The van der Waals surface area contributed by atoms with Crippen LogP contribution in [0.1, 0.15) is 11.3 Å². The van der Waals surface area contributed by atoms with Gasteiger partial charge in [-0.2, -0.15) is 0 Å². The molecule has 5 heteroatoms. The minimum absolute atomic E-state index is 0.126. The molecule has 4 nitrogen and oxygen atoms in total. The van der Waals surface area contributed by atoms with Gasteiger partial charge in [-0.15, -0.1) is 0 Å². The Bertz CT molecular complexity index is 563. The summed E-state index contributed by atoms with van der Waals surface area (Å²) in [7, 11) is 0. The normalized spacial score (nSPS) is 10.5. The van der Waals surface area contributed by atoms with Gasteiger partial charge in [-0.05, 0) is 24.6 Å². The van der Waals surface area contributed by atoms with Crippen molar-refractivity contribution in [3.05, 3.63) is 51.9 Å². The summed E-state index contributed by atoms with van der Waals surface area (Å²) in [5, 5.41) is 0.607. The van der Waals surface area contributed by atoms with Crippen molar-refractivity contribution >= 4 is 11.8 Å². The summed E-state index contributed by atoms with van der Waals surface area (Å²) < 4.78 is 0. The van der Waals surface area contributed by atoms with Crippen molar-refractivity contribution in [2.75, 3.05) is 0 Å². The predicted molar refractivity (Wildman–Crippen MR) is 68.1 cm³/mol. The van der Waals surface area contributed by atoms with Crippen molar-refractivity contribution < 1.29 is 0 Å². The summed E-state index contributed by atoms with van der Waals surface area (Å²) in [5.41, 5.74) is 7.20. The highest BCUT2D eigenvalue weighted by molar-refractivity contribution is 7.99. The van der Waals surface area contributed by atoms with E-state index in [9.17, 15) is 4.79 Å². The average Bonchev–Trinajstić information content (AvgIpc) is 2.28. The molecule has 2 aromatic rings. The van der Waals surface area contributed by atoms with E-state index in [1.807, 2.05) is 24.3 Å². The molecule has 2 rings (SSSR count). The lowest BCUT2D eigenvalue weighted by Crippen LogP contribution is -2.07. The lowest BCUT2D eigenvalue weighted by atomic mass is 10.2. The highest BCUT2D eigenvalue weighted by Crippen LogP contribution is 2.23. The Morgan fingerprint density at radius 2 is 2.06 bits per heavy atom. The molecule has 1 aromatic heterocycles. The third-order valence-corrected chi connectivity index (χ3v) is 3.12. The van der Waals surface area contributed by atoms with E-state index in [2.05, 4.69) is 9.97 Å². The summed E-state index contributed by atoms with van der Waals surface area (Å²) in [6.07, 6.45) is 0. The number of hydrogen-bond donors (Lipinski definition) is 2. The van der Waals surface area contributed by atoms with Gasteiger partial charge in [0.15, 0.2) is 5.16 Å². The van der Waals surface area contributed by atoms with Gasteiger partial charge in [0.25, 0.3) is 5.56 Å². The fraction of sp³-hybridized carbons (Fsp3) is 0.167. The quantitative estimate of drug-likeness (QED) is 0.810. The maximum atomic E-state index is 11.3. The molecule has 0 spiro atoms. The van der Waals surface area contributed by atoms with Crippen LogP contribution in [0.2, 0.25) is 0 Å². The summed E-state index contributed by atoms with van der Waals surface area (Å²) in [5.74, 6) is 0. The average molecular weight is 247 g/mol. The predicted octanol–water partition coefficient (Wildman–Crippen LogP) is 1.69. The molecule has 0 bridgehead atoms. The molecule has 0 fully saturated rings. The highest BCUT2D eigenvalue weighted by Gasteiger charge is 2.01. The summed E-state index contributed by atoms with van der Waals surface area (Å²) >= 11 is 1.43. The smallest absolute Gasteiger partial charge is 0.251 e. The van der Waals surface area contributed by atoms with E-state index in [1.54, 1.807) is 6.92 Å². The number of nitrogens with one attached hydrogen (secondary N) is 1. The van der Waals surface area contributed by atoms with Crippen LogP contribution in [0.4, 0.5) is 0 Å². The van der Waals surface area contributed by atoms with Crippen molar-refractivity contribution in [1.29, 1.82) is 0 Å². The highest BCUT2D eigenvalue weighted by atomic mass is 32.2. The number of aryl methyl sites for hydroxylation is 1. The number of benzene rings is 1.